The topological polar surface area (TPSA) is 258 Å². The van der Waals surface area contributed by atoms with Gasteiger partial charge in [0.15, 0.2) is 0 Å². The molecule has 17 heteroatoms. The number of rotatable bonds is 8. The van der Waals surface area contributed by atoms with Crippen LogP contribution in [0, 0.1) is 20.2 Å². The number of carbonyl (C=O) groups is 5. The Bertz CT molecular complexity index is 1760. The van der Waals surface area contributed by atoms with E-state index in [0.29, 0.717) is 16.9 Å². The van der Waals surface area contributed by atoms with E-state index in [9.17, 15) is 44.2 Å². The molecule has 0 unspecified atom stereocenters. The second kappa shape index (κ2) is 20.1. The highest BCUT2D eigenvalue weighted by atomic mass is 16.7. The minimum atomic E-state index is -1.09. The molecule has 0 aliphatic carbocycles. The van der Waals surface area contributed by atoms with Crippen LogP contribution in [0.15, 0.2) is 97.1 Å². The summed E-state index contributed by atoms with van der Waals surface area (Å²) in [6, 6.07) is 22.0. The van der Waals surface area contributed by atoms with Crippen molar-refractivity contribution in [2.45, 2.75) is 14.4 Å². The summed E-state index contributed by atoms with van der Waals surface area (Å²) in [7, 11) is 1.35. The van der Waals surface area contributed by atoms with Crippen LogP contribution < -0.4 is 11.1 Å². The van der Waals surface area contributed by atoms with Gasteiger partial charge in [-0.15, -0.1) is 0 Å². The second-order valence-electron chi connectivity index (χ2n) is 9.13. The molecule has 0 aliphatic heterocycles. The lowest BCUT2D eigenvalue weighted by molar-refractivity contribution is -0.385. The lowest BCUT2D eigenvalue weighted by Gasteiger charge is -2.06. The van der Waals surface area contributed by atoms with E-state index in [1.165, 1.54) is 67.8 Å². The zero-order chi connectivity index (χ0) is 36.5. The molecule has 4 N–H and O–H groups in total. The van der Waals surface area contributed by atoms with Crippen LogP contribution in [0.5, 0.6) is 0 Å². The molecule has 0 atom stereocenters. The van der Waals surface area contributed by atoms with Crippen molar-refractivity contribution < 1.29 is 53.1 Å². The van der Waals surface area contributed by atoms with Gasteiger partial charge in [0.25, 0.3) is 17.3 Å². The number of nitrogens with one attached hydrogen (secondary N) is 1. The van der Waals surface area contributed by atoms with Gasteiger partial charge in [0, 0.05) is 41.2 Å². The number of benzene rings is 4. The van der Waals surface area contributed by atoms with E-state index in [4.69, 9.17) is 10.8 Å². The molecule has 0 aromatic heterocycles. The van der Waals surface area contributed by atoms with E-state index in [1.54, 1.807) is 31.2 Å². The van der Waals surface area contributed by atoms with Crippen molar-refractivity contribution in [1.82, 2.24) is 0 Å². The van der Waals surface area contributed by atoms with Crippen molar-refractivity contribution in [3.8, 4) is 0 Å². The monoisotopic (exact) mass is 692 g/mol. The number of hydrogen-bond donors (Lipinski definition) is 3. The number of amides is 1. The average Bonchev–Trinajstić information content (AvgIpc) is 3.09. The van der Waals surface area contributed by atoms with Crippen LogP contribution in [0.2, 0.25) is 0 Å². The number of hydrogen-bond acceptors (Lipinski definition) is 13. The van der Waals surface area contributed by atoms with Crippen LogP contribution >= 0.6 is 0 Å². The van der Waals surface area contributed by atoms with Gasteiger partial charge < -0.3 is 30.4 Å². The van der Waals surface area contributed by atoms with Crippen molar-refractivity contribution >= 4 is 52.7 Å². The van der Waals surface area contributed by atoms with Crippen LogP contribution in [0.25, 0.3) is 0 Å². The Morgan fingerprint density at radius 2 is 1.12 bits per heavy atom. The molecule has 262 valence electrons. The highest BCUT2D eigenvalue weighted by molar-refractivity contribution is 6.04. The fourth-order valence-electron chi connectivity index (χ4n) is 3.37. The molecule has 0 fully saturated rings. The Hall–Kier alpha value is -7.17. The predicted molar refractivity (Wildman–Crippen MR) is 179 cm³/mol. The average molecular weight is 693 g/mol. The summed E-state index contributed by atoms with van der Waals surface area (Å²) < 4.78 is 13.5. The van der Waals surface area contributed by atoms with Gasteiger partial charge in [0.2, 0.25) is 0 Å². The maximum atomic E-state index is 12.1. The molecular weight excluding hydrogens is 660 g/mol. The highest BCUT2D eigenvalue weighted by Crippen LogP contribution is 2.16. The molecule has 4 rings (SSSR count). The van der Waals surface area contributed by atoms with E-state index in [2.05, 4.69) is 19.5 Å². The SMILES string of the molecule is C.CCOC(=O)OC(=O)c1ccc(NC(=O)c2ccc([N+](=O)[O-])cc2)cc1.COC(=O)c1ccc(N)cc1.O=C(O)c1ccc([N+](=O)[O-])cc1. The maximum Gasteiger partial charge on any atom is 0.516 e. The van der Waals surface area contributed by atoms with Gasteiger partial charge in [-0.1, -0.05) is 7.43 Å². The zero-order valence-electron chi connectivity index (χ0n) is 25.8. The third kappa shape index (κ3) is 13.3. The summed E-state index contributed by atoms with van der Waals surface area (Å²) in [6.07, 6.45) is -1.09. The molecule has 50 heavy (non-hydrogen) atoms. The maximum absolute atomic E-state index is 12.1. The number of esters is 2. The van der Waals surface area contributed by atoms with E-state index in [-0.39, 0.29) is 48.1 Å². The van der Waals surface area contributed by atoms with Crippen molar-refractivity contribution in [2.24, 2.45) is 0 Å². The summed E-state index contributed by atoms with van der Waals surface area (Å²) in [4.78, 5) is 75.7. The normalized spacial score (nSPS) is 9.40. The Balaban J connectivity index is 0.000000431. The van der Waals surface area contributed by atoms with E-state index < -0.39 is 33.8 Å². The summed E-state index contributed by atoms with van der Waals surface area (Å²) in [5.74, 6) is -2.78. The molecule has 4 aromatic carbocycles. The van der Waals surface area contributed by atoms with E-state index in [1.807, 2.05) is 0 Å². The summed E-state index contributed by atoms with van der Waals surface area (Å²) >= 11 is 0. The number of nitrogens with zero attached hydrogens (tertiary/aromatic N) is 2. The summed E-state index contributed by atoms with van der Waals surface area (Å²) in [5.41, 5.74) is 7.11. The Kier molecular flexibility index (Phi) is 16.5. The molecule has 0 aliphatic rings. The smallest absolute Gasteiger partial charge is 0.478 e. The van der Waals surface area contributed by atoms with E-state index in [0.717, 1.165) is 12.1 Å². The number of non-ortho nitro benzene ring substituents is 2. The Morgan fingerprint density at radius 3 is 1.54 bits per heavy atom. The molecule has 0 heterocycles. The number of methoxy groups -OCH3 is 1. The van der Waals surface area contributed by atoms with Gasteiger partial charge in [-0.2, -0.15) is 0 Å². The van der Waals surface area contributed by atoms with Crippen molar-refractivity contribution in [3.05, 3.63) is 140 Å². The number of carbonyl (C=O) groups excluding carboxylic acids is 4. The van der Waals surface area contributed by atoms with E-state index >= 15 is 0 Å². The predicted octanol–water partition coefficient (Wildman–Crippen LogP) is 6.14. The number of carboxylic acids is 1. The molecule has 1 amide bonds. The lowest BCUT2D eigenvalue weighted by Crippen LogP contribution is -2.14. The van der Waals surface area contributed by atoms with Crippen LogP contribution in [0.3, 0.4) is 0 Å². The molecule has 4 aromatic rings. The van der Waals surface area contributed by atoms with Gasteiger partial charge in [-0.25, -0.2) is 19.2 Å². The minimum absolute atomic E-state index is 0. The molecule has 0 bridgehead atoms. The number of nitrogens with two attached hydrogens (primary N) is 1. The number of nitro benzene ring substituents is 2. The molecular formula is C33H32N4O13. The van der Waals surface area contributed by atoms with Gasteiger partial charge in [-0.3, -0.25) is 25.0 Å². The van der Waals surface area contributed by atoms with Crippen molar-refractivity contribution in [1.29, 1.82) is 0 Å². The van der Waals surface area contributed by atoms with Crippen molar-refractivity contribution in [3.63, 3.8) is 0 Å². The molecule has 0 saturated carbocycles. The first-order valence-electron chi connectivity index (χ1n) is 13.7. The first-order chi connectivity index (χ1) is 23.2. The number of nitrogen functional groups attached to an aromatic ring is 1. The molecule has 0 radical (unpaired) electrons. The third-order valence-electron chi connectivity index (χ3n) is 5.81. The van der Waals surface area contributed by atoms with Gasteiger partial charge >= 0.3 is 24.1 Å². The van der Waals surface area contributed by atoms with Crippen LogP contribution in [0.1, 0.15) is 55.8 Å². The Labute approximate surface area is 284 Å². The van der Waals surface area contributed by atoms with Gasteiger partial charge in [0.1, 0.15) is 0 Å². The third-order valence-corrected chi connectivity index (χ3v) is 5.81. The highest BCUT2D eigenvalue weighted by Gasteiger charge is 2.15. The minimum Gasteiger partial charge on any atom is -0.478 e. The molecule has 0 saturated heterocycles. The van der Waals surface area contributed by atoms with Gasteiger partial charge in [0.05, 0.1) is 40.3 Å². The number of carboxylic acid groups (broad SMARTS) is 1. The standard InChI is InChI=1S/C17H14N2O7.C8H9NO2.C7H5NO4.CH4/c1-2-25-17(22)26-16(21)12-3-7-13(8-4-12)18-15(20)11-5-9-14(10-6-11)19(23)24;1-11-8(10)6-2-4-7(9)5-3-6;9-7(10)5-1-3-6(4-2-5)8(11)12;/h3-10H,2H2,1H3,(H,18,20);2-5H,9H2,1H3;1-4H,(H,9,10);1H4. The molecule has 17 nitrogen and oxygen atoms in total. The second-order valence-corrected chi connectivity index (χ2v) is 9.13. The first-order valence-corrected chi connectivity index (χ1v) is 13.7. The fraction of sp³-hybridized carbons (Fsp3) is 0.121. The number of nitro groups is 2. The van der Waals surface area contributed by atoms with Crippen molar-refractivity contribution in [2.75, 3.05) is 24.8 Å². The number of aromatic carboxylic acids is 1. The molecule has 0 spiro atoms. The summed E-state index contributed by atoms with van der Waals surface area (Å²) in [5, 5.41) is 31.8. The number of anilines is 2. The Morgan fingerprint density at radius 1 is 0.700 bits per heavy atom. The largest absolute Gasteiger partial charge is 0.516 e. The number of ether oxygens (including phenoxy) is 3. The first kappa shape index (κ1) is 40.9. The quantitative estimate of drug-likeness (QED) is 0.0616. The van der Waals surface area contributed by atoms with Gasteiger partial charge in [-0.05, 0) is 79.7 Å². The van der Waals surface area contributed by atoms with Crippen LogP contribution in [0.4, 0.5) is 27.5 Å². The fourth-order valence-corrected chi connectivity index (χ4v) is 3.37. The zero-order valence-corrected chi connectivity index (χ0v) is 25.8. The lowest BCUT2D eigenvalue weighted by atomic mass is 10.1. The van der Waals surface area contributed by atoms with Crippen LogP contribution in [-0.2, 0) is 14.2 Å². The summed E-state index contributed by atoms with van der Waals surface area (Å²) in [6.45, 7) is 1.66. The van der Waals surface area contributed by atoms with Crippen LogP contribution in [-0.4, -0.2) is 58.6 Å².